The highest BCUT2D eigenvalue weighted by molar-refractivity contribution is 5.92. The molecule has 2 heterocycles. The summed E-state index contributed by atoms with van der Waals surface area (Å²) in [6.07, 6.45) is 3.57. The Hall–Kier alpha value is -3.39. The molecule has 192 valence electrons. The van der Waals surface area contributed by atoms with Gasteiger partial charge in [0, 0.05) is 37.9 Å². The fourth-order valence-corrected chi connectivity index (χ4v) is 4.83. The molecule has 1 atom stereocenters. The number of likely N-dealkylation sites (tertiary alicyclic amines) is 2. The quantitative estimate of drug-likeness (QED) is 0.562. The van der Waals surface area contributed by atoms with Crippen molar-refractivity contribution in [2.24, 2.45) is 5.92 Å². The molecule has 8 nitrogen and oxygen atoms in total. The third-order valence-corrected chi connectivity index (χ3v) is 6.83. The molecule has 2 aromatic carbocycles. The highest BCUT2D eigenvalue weighted by atomic mass is 16.5. The van der Waals surface area contributed by atoms with Gasteiger partial charge in [0.25, 0.3) is 0 Å². The summed E-state index contributed by atoms with van der Waals surface area (Å²) in [6.45, 7) is 3.38. The standard InChI is InChI=1S/C28H36N4O4/c33-26(29-23-9-3-1-4-10-23)21-31-17-13-24(14-18-31)30-28(35)22-8-7-16-32(20-22)27(34)15-19-36-25-11-5-2-6-12-25/h1-6,9-12,22,24H,7-8,13-21H2,(H,29,33)(H,30,35). The number of hydrogen-bond acceptors (Lipinski definition) is 5. The van der Waals surface area contributed by atoms with E-state index in [1.165, 1.54) is 0 Å². The molecule has 2 aliphatic heterocycles. The van der Waals surface area contributed by atoms with Crippen LogP contribution in [-0.4, -0.2) is 72.9 Å². The normalized spacial score (nSPS) is 18.9. The Kier molecular flexibility index (Phi) is 9.33. The molecule has 2 N–H and O–H groups in total. The van der Waals surface area contributed by atoms with Crippen LogP contribution in [0.15, 0.2) is 60.7 Å². The highest BCUT2D eigenvalue weighted by Gasteiger charge is 2.30. The minimum atomic E-state index is -0.174. The zero-order valence-corrected chi connectivity index (χ0v) is 20.7. The molecule has 2 aromatic rings. The fraction of sp³-hybridized carbons (Fsp3) is 0.464. The van der Waals surface area contributed by atoms with Crippen molar-refractivity contribution in [3.63, 3.8) is 0 Å². The van der Waals surface area contributed by atoms with Crippen molar-refractivity contribution >= 4 is 23.4 Å². The van der Waals surface area contributed by atoms with Crippen molar-refractivity contribution in [3.8, 4) is 5.75 Å². The van der Waals surface area contributed by atoms with Gasteiger partial charge in [0.05, 0.1) is 25.5 Å². The van der Waals surface area contributed by atoms with Crippen molar-refractivity contribution in [3.05, 3.63) is 60.7 Å². The van der Waals surface area contributed by atoms with Gasteiger partial charge in [-0.3, -0.25) is 19.3 Å². The second-order valence-electron chi connectivity index (χ2n) is 9.56. The van der Waals surface area contributed by atoms with Crippen LogP contribution in [0.25, 0.3) is 0 Å². The van der Waals surface area contributed by atoms with Gasteiger partial charge in [0.2, 0.25) is 17.7 Å². The van der Waals surface area contributed by atoms with Gasteiger partial charge >= 0.3 is 0 Å². The summed E-state index contributed by atoms with van der Waals surface area (Å²) in [5.41, 5.74) is 0.799. The first-order valence-electron chi connectivity index (χ1n) is 12.9. The molecule has 0 aliphatic carbocycles. The fourth-order valence-electron chi connectivity index (χ4n) is 4.83. The maximum atomic E-state index is 12.9. The summed E-state index contributed by atoms with van der Waals surface area (Å²) in [4.78, 5) is 41.8. The number of ether oxygens (including phenoxy) is 1. The Morgan fingerprint density at radius 2 is 1.58 bits per heavy atom. The molecule has 36 heavy (non-hydrogen) atoms. The maximum Gasteiger partial charge on any atom is 0.238 e. The van der Waals surface area contributed by atoms with E-state index >= 15 is 0 Å². The molecule has 4 rings (SSSR count). The van der Waals surface area contributed by atoms with Gasteiger partial charge in [-0.1, -0.05) is 36.4 Å². The van der Waals surface area contributed by atoms with Gasteiger partial charge in [-0.25, -0.2) is 0 Å². The summed E-state index contributed by atoms with van der Waals surface area (Å²) in [6, 6.07) is 19.0. The highest BCUT2D eigenvalue weighted by Crippen LogP contribution is 2.19. The first kappa shape index (κ1) is 25.7. The van der Waals surface area contributed by atoms with E-state index in [-0.39, 0.29) is 29.7 Å². The van der Waals surface area contributed by atoms with Crippen LogP contribution in [-0.2, 0) is 14.4 Å². The molecule has 2 fully saturated rings. The number of amides is 3. The lowest BCUT2D eigenvalue weighted by molar-refractivity contribution is -0.136. The van der Waals surface area contributed by atoms with Gasteiger partial charge in [-0.2, -0.15) is 0 Å². The lowest BCUT2D eigenvalue weighted by atomic mass is 9.95. The number of para-hydroxylation sites is 2. The number of carbonyl (C=O) groups is 3. The molecule has 0 aromatic heterocycles. The van der Waals surface area contributed by atoms with Crippen molar-refractivity contribution in [2.45, 2.75) is 38.1 Å². The summed E-state index contributed by atoms with van der Waals surface area (Å²) in [5.74, 6) is 0.625. The van der Waals surface area contributed by atoms with E-state index in [4.69, 9.17) is 4.74 Å². The van der Waals surface area contributed by atoms with Crippen LogP contribution in [0.1, 0.15) is 32.1 Å². The summed E-state index contributed by atoms with van der Waals surface area (Å²) < 4.78 is 5.65. The van der Waals surface area contributed by atoms with E-state index in [1.807, 2.05) is 60.7 Å². The number of benzene rings is 2. The van der Waals surface area contributed by atoms with Crippen molar-refractivity contribution < 1.29 is 19.1 Å². The molecule has 3 amide bonds. The molecule has 2 saturated heterocycles. The number of piperidine rings is 2. The van der Waals surface area contributed by atoms with Crippen molar-refractivity contribution in [1.29, 1.82) is 0 Å². The summed E-state index contributed by atoms with van der Waals surface area (Å²) in [5, 5.41) is 6.12. The smallest absolute Gasteiger partial charge is 0.238 e. The predicted molar refractivity (Wildman–Crippen MR) is 139 cm³/mol. The van der Waals surface area contributed by atoms with E-state index in [0.29, 0.717) is 32.7 Å². The van der Waals surface area contributed by atoms with Gasteiger partial charge < -0.3 is 20.3 Å². The Labute approximate surface area is 213 Å². The lowest BCUT2D eigenvalue weighted by Crippen LogP contribution is -2.50. The Morgan fingerprint density at radius 3 is 2.31 bits per heavy atom. The van der Waals surface area contributed by atoms with Crippen molar-refractivity contribution in [2.75, 3.05) is 44.6 Å². The monoisotopic (exact) mass is 492 g/mol. The third kappa shape index (κ3) is 7.81. The van der Waals surface area contributed by atoms with E-state index < -0.39 is 0 Å². The predicted octanol–water partition coefficient (Wildman–Crippen LogP) is 2.91. The Balaban J connectivity index is 1.14. The molecular weight excluding hydrogens is 456 g/mol. The van der Waals surface area contributed by atoms with Gasteiger partial charge in [-0.05, 0) is 49.9 Å². The molecule has 8 heteroatoms. The molecule has 0 bridgehead atoms. The van der Waals surface area contributed by atoms with E-state index in [0.717, 1.165) is 50.2 Å². The molecule has 2 aliphatic rings. The summed E-state index contributed by atoms with van der Waals surface area (Å²) >= 11 is 0. The molecule has 0 radical (unpaired) electrons. The minimum absolute atomic E-state index is 0.0233. The van der Waals surface area contributed by atoms with Crippen LogP contribution in [0.3, 0.4) is 0 Å². The van der Waals surface area contributed by atoms with Crippen LogP contribution in [0.5, 0.6) is 5.75 Å². The minimum Gasteiger partial charge on any atom is -0.493 e. The van der Waals surface area contributed by atoms with Crippen LogP contribution >= 0.6 is 0 Å². The number of anilines is 1. The third-order valence-electron chi connectivity index (χ3n) is 6.83. The number of nitrogens with one attached hydrogen (secondary N) is 2. The second kappa shape index (κ2) is 13.1. The van der Waals surface area contributed by atoms with Crippen LogP contribution in [0.2, 0.25) is 0 Å². The van der Waals surface area contributed by atoms with Crippen LogP contribution in [0.4, 0.5) is 5.69 Å². The molecule has 0 saturated carbocycles. The molecule has 1 unspecified atom stereocenters. The zero-order chi connectivity index (χ0) is 25.2. The average molecular weight is 493 g/mol. The van der Waals surface area contributed by atoms with Crippen molar-refractivity contribution in [1.82, 2.24) is 15.1 Å². The second-order valence-corrected chi connectivity index (χ2v) is 9.56. The van der Waals surface area contributed by atoms with Gasteiger partial charge in [-0.15, -0.1) is 0 Å². The van der Waals surface area contributed by atoms with E-state index in [9.17, 15) is 14.4 Å². The van der Waals surface area contributed by atoms with Crippen LogP contribution in [0, 0.1) is 5.92 Å². The average Bonchev–Trinajstić information content (AvgIpc) is 2.91. The van der Waals surface area contributed by atoms with Crippen LogP contribution < -0.4 is 15.4 Å². The maximum absolute atomic E-state index is 12.9. The van der Waals surface area contributed by atoms with Gasteiger partial charge in [0.1, 0.15) is 5.75 Å². The Morgan fingerprint density at radius 1 is 0.889 bits per heavy atom. The largest absolute Gasteiger partial charge is 0.493 e. The number of nitrogens with zero attached hydrogens (tertiary/aromatic N) is 2. The number of rotatable bonds is 9. The Bertz CT molecular complexity index is 993. The topological polar surface area (TPSA) is 91.0 Å². The molecule has 0 spiro atoms. The lowest BCUT2D eigenvalue weighted by Gasteiger charge is -2.35. The van der Waals surface area contributed by atoms with E-state index in [1.54, 1.807) is 4.90 Å². The number of carbonyl (C=O) groups excluding carboxylic acids is 3. The zero-order valence-electron chi connectivity index (χ0n) is 20.7. The molecular formula is C28H36N4O4. The summed E-state index contributed by atoms with van der Waals surface area (Å²) in [7, 11) is 0. The van der Waals surface area contributed by atoms with E-state index in [2.05, 4.69) is 15.5 Å². The first-order valence-corrected chi connectivity index (χ1v) is 12.9. The van der Waals surface area contributed by atoms with Gasteiger partial charge in [0.15, 0.2) is 0 Å². The first-order chi connectivity index (χ1) is 17.6. The number of hydrogen-bond donors (Lipinski definition) is 2. The SMILES string of the molecule is O=C(CN1CCC(NC(=O)C2CCCN(C(=O)CCOc3ccccc3)C2)CC1)Nc1ccccc1.